The number of hydrogen-bond acceptors (Lipinski definition) is 3. The third-order valence-electron chi connectivity index (χ3n) is 17.5. The zero-order chi connectivity index (χ0) is 35.8. The molecule has 2 N–H and O–H groups in total. The highest BCUT2D eigenvalue weighted by Gasteiger charge is 2.66. The Balaban J connectivity index is 0.938. The van der Waals surface area contributed by atoms with Crippen LogP contribution in [0.5, 0.6) is 0 Å². The number of hydrogen-bond donors (Lipinski definition) is 2. The highest BCUT2D eigenvalue weighted by molar-refractivity contribution is 5.84. The number of aliphatic hydroxyl groups excluding tert-OH is 1. The number of rotatable bonds is 7. The summed E-state index contributed by atoms with van der Waals surface area (Å²) in [6.45, 7) is 20.4. The van der Waals surface area contributed by atoms with E-state index < -0.39 is 0 Å². The van der Waals surface area contributed by atoms with Crippen LogP contribution in [0.2, 0.25) is 0 Å². The molecule has 5 saturated carbocycles. The Kier molecular flexibility index (Phi) is 9.51. The van der Waals surface area contributed by atoms with Gasteiger partial charge < -0.3 is 15.3 Å². The number of carbonyl (C=O) groups excluding carboxylic acids is 1. The Morgan fingerprint density at radius 2 is 1.65 bits per heavy atom. The number of nitrogens with one attached hydrogen (secondary N) is 1. The normalized spacial score (nSPS) is 43.7. The molecule has 11 atom stereocenters. The Hall–Kier alpha value is -1.91. The maximum Gasteiger partial charge on any atom is 0.227 e. The van der Waals surface area contributed by atoms with Crippen LogP contribution in [-0.2, 0) is 11.2 Å². The molecule has 51 heavy (non-hydrogen) atoms. The molecule has 4 heteroatoms. The highest BCUT2D eigenvalue weighted by Crippen LogP contribution is 2.72. The number of amides is 1. The van der Waals surface area contributed by atoms with Crippen LogP contribution in [0.4, 0.5) is 0 Å². The Morgan fingerprint density at radius 3 is 2.39 bits per heavy atom. The molecule has 1 aromatic carbocycles. The standard InChI is InChI=1S/C47H70N2O2/c1-31(2)36-16-24-47(43(51)48-35-13-12-34(29-35)30-49-26-20-33(21-27-49)28-32-10-8-7-9-11-32)25-17-38-37(42(36)47)14-15-40-45(38,5)22-18-39-44(3,4)41(50)19-23-46(39,40)6/h7-11,17,33-37,39-42,50H,1,12-16,18-30H2,2-6H3,(H,48,51)/t34?,35?,36-,37-,39-,40-,41?,42+,45-,46-,47-/m0/s1. The number of allylic oxidation sites excluding steroid dienone is 3. The zero-order valence-corrected chi connectivity index (χ0v) is 32.9. The minimum atomic E-state index is -0.280. The number of nitrogens with zero attached hydrogens (tertiary/aromatic N) is 1. The lowest BCUT2D eigenvalue weighted by atomic mass is 9.38. The van der Waals surface area contributed by atoms with Crippen LogP contribution in [0, 0.1) is 63.1 Å². The quantitative estimate of drug-likeness (QED) is 0.280. The second-order valence-electron chi connectivity index (χ2n) is 20.4. The number of carbonyl (C=O) groups is 1. The summed E-state index contributed by atoms with van der Waals surface area (Å²) in [7, 11) is 0. The molecule has 1 heterocycles. The lowest BCUT2D eigenvalue weighted by molar-refractivity contribution is -0.175. The van der Waals surface area contributed by atoms with Crippen LogP contribution in [0.15, 0.2) is 54.1 Å². The second-order valence-corrected chi connectivity index (χ2v) is 20.4. The number of likely N-dealkylation sites (tertiary alicyclic amines) is 1. The first-order valence-corrected chi connectivity index (χ1v) is 21.5. The molecule has 4 nitrogen and oxygen atoms in total. The van der Waals surface area contributed by atoms with Crippen LogP contribution in [0.3, 0.4) is 0 Å². The third kappa shape index (κ3) is 6.04. The lowest BCUT2D eigenvalue weighted by Gasteiger charge is -2.67. The maximum atomic E-state index is 14.8. The number of aliphatic hydroxyl groups is 1. The Bertz CT molecular complexity index is 1490. The SMILES string of the molecule is C=C(C)[C@@H]1CC[C@]2(C(=O)NC3CCC(CN4CCC(Cc5ccccc5)CC4)C3)CC=C3[C@H](CC[C@@H]4[C@@]5(C)CCC(O)C(C)(C)[C@@H]5CC[C@@]34C)[C@@H]12. The summed E-state index contributed by atoms with van der Waals surface area (Å²) in [5.74, 6) is 4.47. The molecule has 0 bridgehead atoms. The van der Waals surface area contributed by atoms with E-state index in [2.05, 4.69) is 87.8 Å². The summed E-state index contributed by atoms with van der Waals surface area (Å²) in [4.78, 5) is 17.5. The fraction of sp³-hybridized carbons (Fsp3) is 0.766. The fourth-order valence-electron chi connectivity index (χ4n) is 14.9. The largest absolute Gasteiger partial charge is 0.393 e. The minimum Gasteiger partial charge on any atom is -0.393 e. The molecule has 1 aromatic rings. The predicted octanol–water partition coefficient (Wildman–Crippen LogP) is 9.77. The molecule has 6 aliphatic carbocycles. The van der Waals surface area contributed by atoms with Crippen molar-refractivity contribution in [2.24, 2.45) is 63.1 Å². The monoisotopic (exact) mass is 695 g/mol. The predicted molar refractivity (Wildman–Crippen MR) is 209 cm³/mol. The zero-order valence-electron chi connectivity index (χ0n) is 32.9. The Morgan fingerprint density at radius 1 is 0.882 bits per heavy atom. The van der Waals surface area contributed by atoms with Gasteiger partial charge in [-0.05, 0) is 180 Å². The van der Waals surface area contributed by atoms with Gasteiger partial charge in [0, 0.05) is 12.6 Å². The van der Waals surface area contributed by atoms with Crippen molar-refractivity contribution in [2.75, 3.05) is 19.6 Å². The summed E-state index contributed by atoms with van der Waals surface area (Å²) < 4.78 is 0. The molecule has 0 aromatic heterocycles. The fourth-order valence-corrected chi connectivity index (χ4v) is 14.9. The third-order valence-corrected chi connectivity index (χ3v) is 17.5. The molecule has 7 aliphatic rings. The van der Waals surface area contributed by atoms with Gasteiger partial charge in [-0.15, -0.1) is 0 Å². The van der Waals surface area contributed by atoms with Gasteiger partial charge in [0.2, 0.25) is 5.91 Å². The summed E-state index contributed by atoms with van der Waals surface area (Å²) in [6.07, 6.45) is 19.9. The lowest BCUT2D eigenvalue weighted by Crippen LogP contribution is -2.61. The first-order chi connectivity index (χ1) is 24.3. The number of fused-ring (bicyclic) bond motifs is 7. The van der Waals surface area contributed by atoms with Gasteiger partial charge in [0.1, 0.15) is 0 Å². The second kappa shape index (κ2) is 13.4. The van der Waals surface area contributed by atoms with Crippen molar-refractivity contribution in [3.05, 3.63) is 59.7 Å². The van der Waals surface area contributed by atoms with E-state index >= 15 is 0 Å². The summed E-state index contributed by atoms with van der Waals surface area (Å²) >= 11 is 0. The molecule has 0 radical (unpaired) electrons. The van der Waals surface area contributed by atoms with Crippen LogP contribution >= 0.6 is 0 Å². The van der Waals surface area contributed by atoms with Crippen LogP contribution < -0.4 is 5.32 Å². The molecule has 280 valence electrons. The minimum absolute atomic E-state index is 0.0194. The number of piperidine rings is 1. The van der Waals surface area contributed by atoms with E-state index in [1.54, 1.807) is 5.57 Å². The van der Waals surface area contributed by atoms with Gasteiger partial charge in [0.25, 0.3) is 0 Å². The first-order valence-electron chi connectivity index (χ1n) is 21.5. The molecular formula is C47H70N2O2. The van der Waals surface area contributed by atoms with Crippen LogP contribution in [0.25, 0.3) is 0 Å². The summed E-state index contributed by atoms with van der Waals surface area (Å²) in [5.41, 5.74) is 4.68. The van der Waals surface area contributed by atoms with Gasteiger partial charge in [-0.25, -0.2) is 0 Å². The van der Waals surface area contributed by atoms with Crippen LogP contribution in [0.1, 0.15) is 130 Å². The molecule has 1 aliphatic heterocycles. The molecular weight excluding hydrogens is 625 g/mol. The van der Waals surface area contributed by atoms with Crippen molar-refractivity contribution in [3.8, 4) is 0 Å². The first kappa shape index (κ1) is 36.1. The van der Waals surface area contributed by atoms with E-state index in [4.69, 9.17) is 0 Å². The topological polar surface area (TPSA) is 52.6 Å². The Labute approximate surface area is 310 Å². The molecule has 6 fully saturated rings. The highest BCUT2D eigenvalue weighted by atomic mass is 16.3. The van der Waals surface area contributed by atoms with Crippen molar-refractivity contribution in [2.45, 2.75) is 143 Å². The van der Waals surface area contributed by atoms with Crippen LogP contribution in [-0.4, -0.2) is 47.7 Å². The van der Waals surface area contributed by atoms with Gasteiger partial charge in [0.15, 0.2) is 0 Å². The van der Waals surface area contributed by atoms with Crippen molar-refractivity contribution in [1.82, 2.24) is 10.2 Å². The molecule has 8 rings (SSSR count). The van der Waals surface area contributed by atoms with Crippen molar-refractivity contribution in [1.29, 1.82) is 0 Å². The van der Waals surface area contributed by atoms with E-state index in [-0.39, 0.29) is 27.8 Å². The summed E-state index contributed by atoms with van der Waals surface area (Å²) in [5, 5.41) is 14.8. The van der Waals surface area contributed by atoms with Crippen molar-refractivity contribution >= 4 is 5.91 Å². The van der Waals surface area contributed by atoms with Gasteiger partial charge in [-0.1, -0.05) is 81.8 Å². The van der Waals surface area contributed by atoms with E-state index in [1.807, 2.05) is 0 Å². The molecule has 3 unspecified atom stereocenters. The maximum absolute atomic E-state index is 14.8. The van der Waals surface area contributed by atoms with Gasteiger partial charge in [-0.2, -0.15) is 0 Å². The van der Waals surface area contributed by atoms with Crippen molar-refractivity contribution < 1.29 is 9.90 Å². The van der Waals surface area contributed by atoms with Gasteiger partial charge in [0.05, 0.1) is 11.5 Å². The smallest absolute Gasteiger partial charge is 0.227 e. The van der Waals surface area contributed by atoms with E-state index in [0.29, 0.717) is 47.5 Å². The molecule has 1 saturated heterocycles. The van der Waals surface area contributed by atoms with E-state index in [0.717, 1.165) is 50.9 Å². The van der Waals surface area contributed by atoms with Gasteiger partial charge >= 0.3 is 0 Å². The average Bonchev–Trinajstić information content (AvgIpc) is 3.73. The molecule has 1 amide bonds. The van der Waals surface area contributed by atoms with E-state index in [9.17, 15) is 9.90 Å². The molecule has 0 spiro atoms. The van der Waals surface area contributed by atoms with Crippen molar-refractivity contribution in [3.63, 3.8) is 0 Å². The average molecular weight is 695 g/mol. The summed E-state index contributed by atoms with van der Waals surface area (Å²) in [6, 6.07) is 11.4. The number of benzene rings is 1. The van der Waals surface area contributed by atoms with E-state index in [1.165, 1.54) is 82.1 Å². The van der Waals surface area contributed by atoms with Gasteiger partial charge in [-0.3, -0.25) is 4.79 Å².